The van der Waals surface area contributed by atoms with Crippen LogP contribution in [0.5, 0.6) is 0 Å². The number of carbonyl (C=O) groups is 1. The highest BCUT2D eigenvalue weighted by atomic mass is 32.1. The van der Waals surface area contributed by atoms with Crippen LogP contribution >= 0.6 is 12.2 Å². The van der Waals surface area contributed by atoms with Crippen molar-refractivity contribution in [2.24, 2.45) is 0 Å². The number of hydrogen-bond acceptors (Lipinski definition) is 2. The van der Waals surface area contributed by atoms with E-state index in [1.807, 2.05) is 42.5 Å². The monoisotopic (exact) mass is 347 g/mol. The van der Waals surface area contributed by atoms with Crippen molar-refractivity contribution < 1.29 is 4.79 Å². The Morgan fingerprint density at radius 3 is 2.60 bits per heavy atom. The minimum absolute atomic E-state index is 0.0475. The van der Waals surface area contributed by atoms with Gasteiger partial charge in [0.2, 0.25) is 0 Å². The smallest absolute Gasteiger partial charge is 0.256 e. The first-order valence-electron chi connectivity index (χ1n) is 8.47. The van der Waals surface area contributed by atoms with Gasteiger partial charge in [-0.25, -0.2) is 0 Å². The van der Waals surface area contributed by atoms with Crippen LogP contribution in [0.2, 0.25) is 0 Å². The summed E-state index contributed by atoms with van der Waals surface area (Å²) >= 11 is 5.70. The van der Waals surface area contributed by atoms with Gasteiger partial charge in [0.1, 0.15) is 6.04 Å². The van der Waals surface area contributed by atoms with Crippen LogP contribution in [0.25, 0.3) is 10.9 Å². The molecule has 0 radical (unpaired) electrons. The second kappa shape index (κ2) is 5.17. The Labute approximate surface area is 151 Å². The number of carbonyl (C=O) groups excluding carboxylic acids is 1. The topological polar surface area (TPSA) is 39.3 Å². The normalized spacial score (nSPS) is 22.4. The minimum atomic E-state index is -0.227. The minimum Gasteiger partial charge on any atom is -0.356 e. The summed E-state index contributed by atoms with van der Waals surface area (Å²) in [5.41, 5.74) is 4.38. The number of amides is 1. The fourth-order valence-electron chi connectivity index (χ4n) is 4.18. The molecule has 1 N–H and O–H groups in total. The van der Waals surface area contributed by atoms with Crippen LogP contribution in [0.1, 0.15) is 24.2 Å². The summed E-state index contributed by atoms with van der Waals surface area (Å²) in [6, 6.07) is 17.8. The Kier molecular flexibility index (Phi) is 3.03. The summed E-state index contributed by atoms with van der Waals surface area (Å²) in [5, 5.41) is 1.80. The number of para-hydroxylation sites is 2. The largest absolute Gasteiger partial charge is 0.356 e. The van der Waals surface area contributed by atoms with E-state index in [2.05, 4.69) is 28.9 Å². The average molecular weight is 347 g/mol. The summed E-state index contributed by atoms with van der Waals surface area (Å²) in [4.78, 5) is 20.5. The molecule has 3 heterocycles. The number of fused-ring (bicyclic) bond motifs is 4. The second-order valence-corrected chi connectivity index (χ2v) is 7.02. The van der Waals surface area contributed by atoms with E-state index < -0.39 is 0 Å². The Hall–Kier alpha value is -2.66. The number of anilines is 1. The van der Waals surface area contributed by atoms with E-state index in [4.69, 9.17) is 12.2 Å². The zero-order valence-electron chi connectivity index (χ0n) is 13.8. The molecule has 2 aromatic carbocycles. The molecule has 1 amide bonds. The number of aromatic nitrogens is 1. The molecular weight excluding hydrogens is 330 g/mol. The SMILES string of the molecule is C[C@H]1c2[nH]c3ccccc3c2C[C@H]2C(=O)N(c3ccccc3)C(=S)N21. The number of H-pyrrole nitrogens is 1. The van der Waals surface area contributed by atoms with E-state index in [-0.39, 0.29) is 18.0 Å². The molecule has 124 valence electrons. The Morgan fingerprint density at radius 1 is 1.08 bits per heavy atom. The number of rotatable bonds is 1. The molecule has 3 aromatic rings. The van der Waals surface area contributed by atoms with Crippen molar-refractivity contribution in [3.05, 3.63) is 65.9 Å². The molecule has 1 saturated heterocycles. The summed E-state index contributed by atoms with van der Waals surface area (Å²) in [7, 11) is 0. The maximum absolute atomic E-state index is 13.2. The number of nitrogens with one attached hydrogen (secondary N) is 1. The molecule has 5 heteroatoms. The zero-order valence-corrected chi connectivity index (χ0v) is 14.6. The van der Waals surface area contributed by atoms with E-state index in [0.717, 1.165) is 11.2 Å². The molecule has 0 unspecified atom stereocenters. The Bertz CT molecular complexity index is 1010. The highest BCUT2D eigenvalue weighted by Gasteiger charge is 2.49. The van der Waals surface area contributed by atoms with Crippen molar-refractivity contribution in [2.75, 3.05) is 4.90 Å². The average Bonchev–Trinajstić information content (AvgIpc) is 3.13. The Balaban J connectivity index is 1.62. The van der Waals surface area contributed by atoms with Crippen molar-refractivity contribution >= 4 is 39.8 Å². The molecule has 0 spiro atoms. The maximum atomic E-state index is 13.2. The lowest BCUT2D eigenvalue weighted by atomic mass is 9.93. The van der Waals surface area contributed by atoms with E-state index in [1.54, 1.807) is 4.90 Å². The fourth-order valence-corrected chi connectivity index (χ4v) is 4.66. The highest BCUT2D eigenvalue weighted by molar-refractivity contribution is 7.80. The van der Waals surface area contributed by atoms with Crippen molar-refractivity contribution in [3.8, 4) is 0 Å². The summed E-state index contributed by atoms with van der Waals surface area (Å²) in [6.07, 6.45) is 0.687. The lowest BCUT2D eigenvalue weighted by molar-refractivity contribution is -0.120. The van der Waals surface area contributed by atoms with Crippen LogP contribution in [-0.4, -0.2) is 26.9 Å². The molecular formula is C20H17N3OS. The molecule has 4 nitrogen and oxygen atoms in total. The predicted octanol–water partition coefficient (Wildman–Crippen LogP) is 3.79. The number of aromatic amines is 1. The molecule has 0 saturated carbocycles. The molecule has 25 heavy (non-hydrogen) atoms. The molecule has 2 aliphatic rings. The number of hydrogen-bond donors (Lipinski definition) is 1. The standard InChI is InChI=1S/C20H17N3OS/c1-12-18-15(14-9-5-6-10-16(14)21-18)11-17-19(24)23(20(25)22(12)17)13-7-3-2-4-8-13/h2-10,12,17,21H,11H2,1H3/t12-,17-/m0/s1. The molecule has 0 bridgehead atoms. The fraction of sp³-hybridized carbons (Fsp3) is 0.200. The van der Waals surface area contributed by atoms with E-state index in [1.165, 1.54) is 16.6 Å². The lowest BCUT2D eigenvalue weighted by Crippen LogP contribution is -2.42. The van der Waals surface area contributed by atoms with Crippen LogP contribution in [0.4, 0.5) is 5.69 Å². The van der Waals surface area contributed by atoms with Crippen LogP contribution < -0.4 is 4.90 Å². The molecule has 2 atom stereocenters. The van der Waals surface area contributed by atoms with Gasteiger partial charge in [-0.1, -0.05) is 36.4 Å². The second-order valence-electron chi connectivity index (χ2n) is 6.66. The predicted molar refractivity (Wildman–Crippen MR) is 103 cm³/mol. The molecule has 0 aliphatic carbocycles. The van der Waals surface area contributed by atoms with Gasteiger partial charge in [-0.2, -0.15) is 0 Å². The van der Waals surface area contributed by atoms with E-state index >= 15 is 0 Å². The van der Waals surface area contributed by atoms with Gasteiger partial charge in [-0.05, 0) is 42.9 Å². The van der Waals surface area contributed by atoms with Gasteiger partial charge in [0.25, 0.3) is 5.91 Å². The molecule has 1 aromatic heterocycles. The van der Waals surface area contributed by atoms with Gasteiger partial charge >= 0.3 is 0 Å². The Morgan fingerprint density at radius 2 is 1.80 bits per heavy atom. The summed E-state index contributed by atoms with van der Waals surface area (Å²) in [5.74, 6) is 0.0685. The number of thiocarbonyl (C=S) groups is 1. The van der Waals surface area contributed by atoms with Crippen LogP contribution in [0, 0.1) is 0 Å². The van der Waals surface area contributed by atoms with E-state index in [9.17, 15) is 4.79 Å². The first kappa shape index (κ1) is 14.7. The van der Waals surface area contributed by atoms with Crippen molar-refractivity contribution in [2.45, 2.75) is 25.4 Å². The van der Waals surface area contributed by atoms with E-state index in [0.29, 0.717) is 11.5 Å². The molecule has 1 fully saturated rings. The molecule has 2 aliphatic heterocycles. The lowest BCUT2D eigenvalue weighted by Gasteiger charge is -2.34. The van der Waals surface area contributed by atoms with Crippen molar-refractivity contribution in [1.82, 2.24) is 9.88 Å². The third-order valence-electron chi connectivity index (χ3n) is 5.35. The first-order chi connectivity index (χ1) is 12.2. The zero-order chi connectivity index (χ0) is 17.1. The van der Waals surface area contributed by atoms with Gasteiger partial charge < -0.3 is 9.88 Å². The quantitative estimate of drug-likeness (QED) is 0.681. The van der Waals surface area contributed by atoms with Gasteiger partial charge in [-0.15, -0.1) is 0 Å². The highest BCUT2D eigenvalue weighted by Crippen LogP contribution is 2.41. The van der Waals surface area contributed by atoms with Crippen LogP contribution in [0.15, 0.2) is 54.6 Å². The van der Waals surface area contributed by atoms with Gasteiger partial charge in [-0.3, -0.25) is 9.69 Å². The maximum Gasteiger partial charge on any atom is 0.256 e. The van der Waals surface area contributed by atoms with Gasteiger partial charge in [0, 0.05) is 23.0 Å². The number of nitrogens with zero attached hydrogens (tertiary/aromatic N) is 2. The summed E-state index contributed by atoms with van der Waals surface area (Å²) < 4.78 is 0. The van der Waals surface area contributed by atoms with Crippen LogP contribution in [0.3, 0.4) is 0 Å². The van der Waals surface area contributed by atoms with Crippen molar-refractivity contribution in [3.63, 3.8) is 0 Å². The third kappa shape index (κ3) is 1.93. The van der Waals surface area contributed by atoms with Gasteiger partial charge in [0.15, 0.2) is 5.11 Å². The van der Waals surface area contributed by atoms with Crippen molar-refractivity contribution in [1.29, 1.82) is 0 Å². The molecule has 5 rings (SSSR count). The summed E-state index contributed by atoms with van der Waals surface area (Å²) in [6.45, 7) is 2.12. The first-order valence-corrected chi connectivity index (χ1v) is 8.88. The van der Waals surface area contributed by atoms with Gasteiger partial charge in [0.05, 0.1) is 11.7 Å². The van der Waals surface area contributed by atoms with Crippen LogP contribution in [-0.2, 0) is 11.2 Å². The number of benzene rings is 2. The third-order valence-corrected chi connectivity index (χ3v) is 5.74.